The Kier molecular flexibility index (Phi) is 50.0. The van der Waals surface area contributed by atoms with Crippen molar-refractivity contribution < 1.29 is 24.5 Å². The average Bonchev–Trinajstić information content (AvgIpc) is 3.29. The highest BCUT2D eigenvalue weighted by Gasteiger charge is 2.24. The van der Waals surface area contributed by atoms with Crippen LogP contribution in [-0.2, 0) is 14.3 Å². The van der Waals surface area contributed by atoms with E-state index in [-0.39, 0.29) is 24.9 Å². The molecule has 0 bridgehead atoms. The van der Waals surface area contributed by atoms with E-state index in [0.717, 1.165) is 70.6 Å². The number of hydrogen-bond acceptors (Lipinski definition) is 5. The molecule has 0 aromatic heterocycles. The van der Waals surface area contributed by atoms with Crippen LogP contribution in [0.15, 0.2) is 48.6 Å². The van der Waals surface area contributed by atoms with Gasteiger partial charge in [0.2, 0.25) is 5.91 Å². The van der Waals surface area contributed by atoms with E-state index in [1.807, 2.05) is 6.08 Å². The van der Waals surface area contributed by atoms with Crippen LogP contribution in [0, 0.1) is 0 Å². The van der Waals surface area contributed by atoms with Gasteiger partial charge in [0.25, 0.3) is 0 Å². The molecule has 0 heterocycles. The Morgan fingerprint density at radius 3 is 1.33 bits per heavy atom. The molecule has 6 heteroatoms. The second-order valence-corrected chi connectivity index (χ2v) is 19.0. The number of aliphatic hydroxyl groups excluding tert-OH is 2. The topological polar surface area (TPSA) is 95.9 Å². The quantitative estimate of drug-likeness (QED) is 0.0245. The Morgan fingerprint density at radius 1 is 0.469 bits per heavy atom. The van der Waals surface area contributed by atoms with Crippen molar-refractivity contribution in [2.45, 2.75) is 302 Å². The minimum atomic E-state index is -0.798. The first-order chi connectivity index (χ1) is 31.5. The van der Waals surface area contributed by atoms with E-state index in [9.17, 15) is 19.8 Å². The number of aliphatic hydroxyl groups is 2. The number of ether oxygens (including phenoxy) is 1. The van der Waals surface area contributed by atoms with E-state index in [1.54, 1.807) is 0 Å². The van der Waals surface area contributed by atoms with Crippen molar-refractivity contribution >= 4 is 11.9 Å². The molecular formula is C58H107NO5. The zero-order valence-electron chi connectivity index (χ0n) is 42.7. The summed E-state index contributed by atoms with van der Waals surface area (Å²) in [6.07, 6.45) is 63.3. The number of amides is 1. The molecule has 0 aromatic rings. The summed E-state index contributed by atoms with van der Waals surface area (Å²) in [4.78, 5) is 26.2. The number of nitrogens with one attached hydrogen (secondary N) is 1. The predicted octanol–water partition coefficient (Wildman–Crippen LogP) is 17.0. The van der Waals surface area contributed by atoms with Crippen LogP contribution in [0.5, 0.6) is 0 Å². The van der Waals surface area contributed by atoms with Gasteiger partial charge >= 0.3 is 5.97 Å². The molecular weight excluding hydrogens is 791 g/mol. The third-order valence-electron chi connectivity index (χ3n) is 12.7. The highest BCUT2D eigenvalue weighted by molar-refractivity contribution is 5.77. The maximum atomic E-state index is 13.2. The van der Waals surface area contributed by atoms with Crippen LogP contribution in [0.4, 0.5) is 0 Å². The van der Waals surface area contributed by atoms with E-state index in [2.05, 4.69) is 68.6 Å². The Hall–Kier alpha value is -2.18. The van der Waals surface area contributed by atoms with Gasteiger partial charge in [0.15, 0.2) is 0 Å². The zero-order valence-corrected chi connectivity index (χ0v) is 42.7. The molecule has 0 aliphatic rings. The maximum absolute atomic E-state index is 13.2. The van der Waals surface area contributed by atoms with Crippen molar-refractivity contribution in [3.05, 3.63) is 48.6 Å². The lowest BCUT2D eigenvalue weighted by atomic mass is 10.0. The normalized spacial score (nSPS) is 13.5. The number of hydrogen-bond donors (Lipinski definition) is 3. The smallest absolute Gasteiger partial charge is 0.306 e. The molecule has 3 N–H and O–H groups in total. The molecule has 0 fully saturated rings. The lowest BCUT2D eigenvalue weighted by Gasteiger charge is -2.24. The molecule has 0 rings (SSSR count). The Balaban J connectivity index is 4.48. The highest BCUT2D eigenvalue weighted by Crippen LogP contribution is 2.18. The van der Waals surface area contributed by atoms with Crippen molar-refractivity contribution in [2.75, 3.05) is 6.61 Å². The van der Waals surface area contributed by atoms with Crippen LogP contribution in [0.2, 0.25) is 0 Å². The summed E-state index contributed by atoms with van der Waals surface area (Å²) >= 11 is 0. The molecule has 374 valence electrons. The standard InChI is InChI=1S/C58H107NO5/c1-4-7-10-13-16-19-22-24-26-28-30-32-35-38-41-44-47-50-56(61)55(53-60)59-57(62)52-54(49-46-43-40-37-34-21-18-15-12-9-6-3)64-58(63)51-48-45-42-39-36-33-31-29-27-25-23-20-17-14-11-8-5-2/h9,12,15,18,21,25,27,34,54-56,60-61H,4-8,10-11,13-14,16-17,19-20,22-24,26,28-33,35-53H2,1-3H3,(H,59,62)/b12-9+,18-15+,27-25+,34-21-. The molecule has 6 nitrogen and oxygen atoms in total. The lowest BCUT2D eigenvalue weighted by Crippen LogP contribution is -2.46. The summed E-state index contributed by atoms with van der Waals surface area (Å²) in [5.74, 6) is -0.506. The summed E-state index contributed by atoms with van der Waals surface area (Å²) in [7, 11) is 0. The second kappa shape index (κ2) is 51.8. The van der Waals surface area contributed by atoms with Crippen molar-refractivity contribution in [1.29, 1.82) is 0 Å². The summed E-state index contributed by atoms with van der Waals surface area (Å²) in [6.45, 7) is 6.36. The summed E-state index contributed by atoms with van der Waals surface area (Å²) < 4.78 is 5.92. The summed E-state index contributed by atoms with van der Waals surface area (Å²) in [5.41, 5.74) is 0. The molecule has 3 unspecified atom stereocenters. The first-order valence-corrected chi connectivity index (χ1v) is 27.9. The fourth-order valence-corrected chi connectivity index (χ4v) is 8.49. The minimum absolute atomic E-state index is 0.0539. The first kappa shape index (κ1) is 61.8. The third-order valence-corrected chi connectivity index (χ3v) is 12.7. The largest absolute Gasteiger partial charge is 0.462 e. The minimum Gasteiger partial charge on any atom is -0.462 e. The van der Waals surface area contributed by atoms with Gasteiger partial charge in [-0.2, -0.15) is 0 Å². The van der Waals surface area contributed by atoms with Gasteiger partial charge in [0.05, 0.1) is 25.2 Å². The van der Waals surface area contributed by atoms with Crippen molar-refractivity contribution in [1.82, 2.24) is 5.32 Å². The van der Waals surface area contributed by atoms with Crippen LogP contribution in [0.3, 0.4) is 0 Å². The average molecular weight is 898 g/mol. The van der Waals surface area contributed by atoms with Crippen LogP contribution in [0.25, 0.3) is 0 Å². The second-order valence-electron chi connectivity index (χ2n) is 19.0. The van der Waals surface area contributed by atoms with Crippen LogP contribution >= 0.6 is 0 Å². The molecule has 3 atom stereocenters. The molecule has 64 heavy (non-hydrogen) atoms. The van der Waals surface area contributed by atoms with Gasteiger partial charge in [-0.05, 0) is 70.6 Å². The zero-order chi connectivity index (χ0) is 46.7. The van der Waals surface area contributed by atoms with Gasteiger partial charge in [-0.3, -0.25) is 9.59 Å². The number of carbonyl (C=O) groups excluding carboxylic acids is 2. The van der Waals surface area contributed by atoms with E-state index in [1.165, 1.54) is 167 Å². The van der Waals surface area contributed by atoms with Gasteiger partial charge in [-0.15, -0.1) is 0 Å². The first-order valence-electron chi connectivity index (χ1n) is 27.9. The van der Waals surface area contributed by atoms with E-state index >= 15 is 0 Å². The Morgan fingerprint density at radius 2 is 0.859 bits per heavy atom. The maximum Gasteiger partial charge on any atom is 0.306 e. The van der Waals surface area contributed by atoms with E-state index in [0.29, 0.717) is 19.3 Å². The third kappa shape index (κ3) is 46.4. The fraction of sp³-hybridized carbons (Fsp3) is 0.828. The van der Waals surface area contributed by atoms with Crippen LogP contribution in [0.1, 0.15) is 284 Å². The van der Waals surface area contributed by atoms with Crippen LogP contribution < -0.4 is 5.32 Å². The van der Waals surface area contributed by atoms with Gasteiger partial charge in [-0.1, -0.05) is 249 Å². The van der Waals surface area contributed by atoms with E-state index < -0.39 is 18.2 Å². The molecule has 0 radical (unpaired) electrons. The van der Waals surface area contributed by atoms with Crippen molar-refractivity contribution in [2.24, 2.45) is 0 Å². The van der Waals surface area contributed by atoms with Gasteiger partial charge in [0.1, 0.15) is 6.10 Å². The number of unbranched alkanes of at least 4 members (excludes halogenated alkanes) is 32. The molecule has 0 spiro atoms. The van der Waals surface area contributed by atoms with E-state index in [4.69, 9.17) is 4.74 Å². The SMILES string of the molecule is CC/C=C/C=C/C=C\CCCCCC(CC(=O)NC(CO)C(O)CCCCCCCCCCCCCCCCCCC)OC(=O)CCCCCCCCC/C=C/CCCCCCCC. The monoisotopic (exact) mass is 898 g/mol. The molecule has 0 saturated heterocycles. The lowest BCUT2D eigenvalue weighted by molar-refractivity contribution is -0.151. The predicted molar refractivity (Wildman–Crippen MR) is 278 cm³/mol. The molecule has 0 aliphatic heterocycles. The molecule has 0 aromatic carbocycles. The summed E-state index contributed by atoms with van der Waals surface area (Å²) in [5, 5.41) is 23.8. The fourth-order valence-electron chi connectivity index (χ4n) is 8.49. The van der Waals surface area contributed by atoms with Crippen LogP contribution in [-0.4, -0.2) is 46.9 Å². The molecule has 0 saturated carbocycles. The molecule has 0 aliphatic carbocycles. The Labute approximate surface area is 397 Å². The van der Waals surface area contributed by atoms with Gasteiger partial charge < -0.3 is 20.3 Å². The number of carbonyl (C=O) groups is 2. The number of rotatable bonds is 50. The Bertz CT molecular complexity index is 1100. The number of allylic oxidation sites excluding steroid dienone is 8. The van der Waals surface area contributed by atoms with Gasteiger partial charge in [-0.25, -0.2) is 0 Å². The van der Waals surface area contributed by atoms with Crippen molar-refractivity contribution in [3.63, 3.8) is 0 Å². The van der Waals surface area contributed by atoms with Gasteiger partial charge in [0, 0.05) is 6.42 Å². The highest BCUT2D eigenvalue weighted by atomic mass is 16.5. The van der Waals surface area contributed by atoms with Crippen molar-refractivity contribution in [3.8, 4) is 0 Å². The summed E-state index contributed by atoms with van der Waals surface area (Å²) in [6, 6.07) is -0.713. The number of esters is 1. The molecule has 1 amide bonds.